The number of amides is 1. The van der Waals surface area contributed by atoms with E-state index in [0.717, 1.165) is 25.7 Å². The molecule has 0 bridgehead atoms. The molecule has 21 heavy (non-hydrogen) atoms. The SMILES string of the molecule is Cc1nnc(C[C@@H]2CC[C@H](NC(=O)c3ccnn3C)C2)o1. The Kier molecular flexibility index (Phi) is 3.72. The van der Waals surface area contributed by atoms with Crippen molar-refractivity contribution in [3.63, 3.8) is 0 Å². The third-order valence-electron chi connectivity index (χ3n) is 3.96. The van der Waals surface area contributed by atoms with Gasteiger partial charge in [0.2, 0.25) is 11.8 Å². The largest absolute Gasteiger partial charge is 0.426 e. The van der Waals surface area contributed by atoms with Crippen molar-refractivity contribution in [2.45, 2.75) is 38.6 Å². The molecule has 0 radical (unpaired) electrons. The molecule has 0 aliphatic heterocycles. The molecule has 1 aliphatic carbocycles. The summed E-state index contributed by atoms with van der Waals surface area (Å²) in [5, 5.41) is 15.0. The zero-order valence-corrected chi connectivity index (χ0v) is 12.2. The number of hydrogen-bond acceptors (Lipinski definition) is 5. The number of aryl methyl sites for hydroxylation is 2. The minimum absolute atomic E-state index is 0.0608. The van der Waals surface area contributed by atoms with E-state index in [1.54, 1.807) is 30.9 Å². The van der Waals surface area contributed by atoms with Crippen LogP contribution >= 0.6 is 0 Å². The second kappa shape index (κ2) is 5.67. The predicted octanol–water partition coefficient (Wildman–Crippen LogP) is 1.25. The topological polar surface area (TPSA) is 85.8 Å². The van der Waals surface area contributed by atoms with Crippen LogP contribution in [0.3, 0.4) is 0 Å². The maximum absolute atomic E-state index is 12.1. The van der Waals surface area contributed by atoms with Gasteiger partial charge in [-0.2, -0.15) is 5.10 Å². The van der Waals surface area contributed by atoms with Gasteiger partial charge in [-0.3, -0.25) is 9.48 Å². The molecule has 2 atom stereocenters. The smallest absolute Gasteiger partial charge is 0.269 e. The fourth-order valence-corrected chi connectivity index (χ4v) is 2.91. The number of carbonyl (C=O) groups is 1. The molecular weight excluding hydrogens is 270 g/mol. The van der Waals surface area contributed by atoms with Gasteiger partial charge in [-0.25, -0.2) is 0 Å². The van der Waals surface area contributed by atoms with Crippen LogP contribution in [-0.4, -0.2) is 31.9 Å². The van der Waals surface area contributed by atoms with Gasteiger partial charge in [0, 0.05) is 32.6 Å². The van der Waals surface area contributed by atoms with Crippen LogP contribution in [0.5, 0.6) is 0 Å². The van der Waals surface area contributed by atoms with Crippen molar-refractivity contribution in [2.75, 3.05) is 0 Å². The van der Waals surface area contributed by atoms with Crippen molar-refractivity contribution in [2.24, 2.45) is 13.0 Å². The standard InChI is InChI=1S/C14H19N5O2/c1-9-17-18-13(21-9)8-10-3-4-11(7-10)16-14(20)12-5-6-15-19(12)2/h5-6,10-11H,3-4,7-8H2,1-2H3,(H,16,20)/t10-,11+/m1/s1. The molecule has 112 valence electrons. The molecule has 1 fully saturated rings. The van der Waals surface area contributed by atoms with Crippen LogP contribution < -0.4 is 5.32 Å². The van der Waals surface area contributed by atoms with Crippen molar-refractivity contribution in [3.8, 4) is 0 Å². The molecule has 1 aliphatic rings. The lowest BCUT2D eigenvalue weighted by Crippen LogP contribution is -2.34. The summed E-state index contributed by atoms with van der Waals surface area (Å²) in [4.78, 5) is 12.1. The minimum Gasteiger partial charge on any atom is -0.426 e. The molecule has 2 heterocycles. The summed E-state index contributed by atoms with van der Waals surface area (Å²) in [6.07, 6.45) is 5.42. The molecule has 2 aromatic heterocycles. The summed E-state index contributed by atoms with van der Waals surface area (Å²) < 4.78 is 7.00. The number of nitrogens with one attached hydrogen (secondary N) is 1. The average molecular weight is 289 g/mol. The lowest BCUT2D eigenvalue weighted by Gasteiger charge is -2.12. The van der Waals surface area contributed by atoms with Crippen molar-refractivity contribution in [1.82, 2.24) is 25.3 Å². The van der Waals surface area contributed by atoms with Crippen LogP contribution in [0.1, 0.15) is 41.5 Å². The Labute approximate surface area is 122 Å². The van der Waals surface area contributed by atoms with Gasteiger partial charge in [0.05, 0.1) is 0 Å². The molecule has 7 nitrogen and oxygen atoms in total. The Morgan fingerprint density at radius 3 is 3.00 bits per heavy atom. The molecular formula is C14H19N5O2. The summed E-state index contributed by atoms with van der Waals surface area (Å²) in [5.41, 5.74) is 0.589. The molecule has 0 spiro atoms. The Hall–Kier alpha value is -2.18. The highest BCUT2D eigenvalue weighted by Gasteiger charge is 2.28. The van der Waals surface area contributed by atoms with Crippen LogP contribution in [-0.2, 0) is 13.5 Å². The van der Waals surface area contributed by atoms with Gasteiger partial charge in [-0.15, -0.1) is 10.2 Å². The van der Waals surface area contributed by atoms with Crippen molar-refractivity contribution < 1.29 is 9.21 Å². The molecule has 0 aromatic carbocycles. The van der Waals surface area contributed by atoms with Gasteiger partial charge in [0.1, 0.15) is 5.69 Å². The highest BCUT2D eigenvalue weighted by Crippen LogP contribution is 2.28. The summed E-state index contributed by atoms with van der Waals surface area (Å²) in [6, 6.07) is 1.93. The minimum atomic E-state index is -0.0608. The Bertz CT molecular complexity index is 633. The van der Waals surface area contributed by atoms with E-state index >= 15 is 0 Å². The molecule has 1 N–H and O–H groups in total. The first-order valence-electron chi connectivity index (χ1n) is 7.19. The maximum Gasteiger partial charge on any atom is 0.269 e. The summed E-state index contributed by atoms with van der Waals surface area (Å²) in [6.45, 7) is 1.79. The Morgan fingerprint density at radius 2 is 2.33 bits per heavy atom. The molecule has 1 amide bonds. The van der Waals surface area contributed by atoms with Crippen LogP contribution in [0.25, 0.3) is 0 Å². The quantitative estimate of drug-likeness (QED) is 0.915. The monoisotopic (exact) mass is 289 g/mol. The van der Waals surface area contributed by atoms with E-state index in [2.05, 4.69) is 20.6 Å². The van der Waals surface area contributed by atoms with E-state index in [-0.39, 0.29) is 11.9 Å². The van der Waals surface area contributed by atoms with E-state index in [0.29, 0.717) is 23.4 Å². The zero-order valence-electron chi connectivity index (χ0n) is 12.2. The molecule has 3 rings (SSSR count). The number of rotatable bonds is 4. The summed E-state index contributed by atoms with van der Waals surface area (Å²) in [7, 11) is 1.77. The third kappa shape index (κ3) is 3.12. The first-order valence-corrected chi connectivity index (χ1v) is 7.19. The molecule has 2 aromatic rings. The van der Waals surface area contributed by atoms with Crippen molar-refractivity contribution in [1.29, 1.82) is 0 Å². The average Bonchev–Trinajstić information content (AvgIpc) is 3.13. The zero-order chi connectivity index (χ0) is 14.8. The van der Waals surface area contributed by atoms with E-state index < -0.39 is 0 Å². The Morgan fingerprint density at radius 1 is 1.48 bits per heavy atom. The highest BCUT2D eigenvalue weighted by molar-refractivity contribution is 5.92. The molecule has 1 saturated carbocycles. The van der Waals surface area contributed by atoms with Gasteiger partial charge in [0.15, 0.2) is 0 Å². The van der Waals surface area contributed by atoms with Crippen LogP contribution in [0, 0.1) is 12.8 Å². The second-order valence-corrected chi connectivity index (χ2v) is 5.61. The van der Waals surface area contributed by atoms with Crippen LogP contribution in [0.15, 0.2) is 16.7 Å². The summed E-state index contributed by atoms with van der Waals surface area (Å²) in [5.74, 6) is 1.72. The van der Waals surface area contributed by atoms with Crippen molar-refractivity contribution >= 4 is 5.91 Å². The number of nitrogens with zero attached hydrogens (tertiary/aromatic N) is 4. The first-order chi connectivity index (χ1) is 10.1. The highest BCUT2D eigenvalue weighted by atomic mass is 16.4. The molecule has 7 heteroatoms. The van der Waals surface area contributed by atoms with Gasteiger partial charge < -0.3 is 9.73 Å². The Balaban J connectivity index is 1.53. The van der Waals surface area contributed by atoms with Gasteiger partial charge >= 0.3 is 0 Å². The van der Waals surface area contributed by atoms with Gasteiger partial charge in [-0.1, -0.05) is 0 Å². The van der Waals surface area contributed by atoms with Crippen LogP contribution in [0.2, 0.25) is 0 Å². The number of aromatic nitrogens is 4. The van der Waals surface area contributed by atoms with E-state index in [1.807, 2.05) is 0 Å². The van der Waals surface area contributed by atoms with Crippen LogP contribution in [0.4, 0.5) is 0 Å². The normalized spacial score (nSPS) is 21.6. The third-order valence-corrected chi connectivity index (χ3v) is 3.96. The van der Waals surface area contributed by atoms with Gasteiger partial charge in [0.25, 0.3) is 5.91 Å². The molecule has 0 unspecified atom stereocenters. The number of carbonyl (C=O) groups excluding carboxylic acids is 1. The van der Waals surface area contributed by atoms with E-state index in [9.17, 15) is 4.79 Å². The van der Waals surface area contributed by atoms with E-state index in [4.69, 9.17) is 4.42 Å². The lowest BCUT2D eigenvalue weighted by molar-refractivity contribution is 0.0927. The molecule has 0 saturated heterocycles. The van der Waals surface area contributed by atoms with Crippen molar-refractivity contribution in [3.05, 3.63) is 29.7 Å². The number of hydrogen-bond donors (Lipinski definition) is 1. The fraction of sp³-hybridized carbons (Fsp3) is 0.571. The second-order valence-electron chi connectivity index (χ2n) is 5.61. The predicted molar refractivity (Wildman–Crippen MR) is 74.5 cm³/mol. The lowest BCUT2D eigenvalue weighted by atomic mass is 10.0. The fourth-order valence-electron chi connectivity index (χ4n) is 2.91. The first kappa shape index (κ1) is 13.8. The summed E-state index contributed by atoms with van der Waals surface area (Å²) >= 11 is 0. The van der Waals surface area contributed by atoms with E-state index in [1.165, 1.54) is 0 Å². The maximum atomic E-state index is 12.1. The van der Waals surface area contributed by atoms with Gasteiger partial charge in [-0.05, 0) is 31.2 Å².